The summed E-state index contributed by atoms with van der Waals surface area (Å²) in [4.78, 5) is 4.51. The highest BCUT2D eigenvalue weighted by Gasteiger charge is 2.07. The van der Waals surface area contributed by atoms with Crippen LogP contribution in [0.2, 0.25) is 0 Å². The SMILES string of the molecule is CC.CCc1ccnc2c(C(C)C)cccc12. The second kappa shape index (κ2) is 6.39. The number of pyridine rings is 1. The van der Waals surface area contributed by atoms with E-state index in [1.165, 1.54) is 22.0 Å². The summed E-state index contributed by atoms with van der Waals surface area (Å²) in [6, 6.07) is 8.61. The highest BCUT2D eigenvalue weighted by molar-refractivity contribution is 5.85. The van der Waals surface area contributed by atoms with Gasteiger partial charge >= 0.3 is 0 Å². The van der Waals surface area contributed by atoms with Gasteiger partial charge in [0.15, 0.2) is 0 Å². The molecule has 0 aliphatic carbocycles. The van der Waals surface area contributed by atoms with Crippen LogP contribution in [0, 0.1) is 0 Å². The summed E-state index contributed by atoms with van der Waals surface area (Å²) in [6.45, 7) is 10.6. The Labute approximate surface area is 105 Å². The van der Waals surface area contributed by atoms with Crippen LogP contribution >= 0.6 is 0 Å². The lowest BCUT2D eigenvalue weighted by molar-refractivity contribution is 0.872. The fraction of sp³-hybridized carbons (Fsp3) is 0.438. The van der Waals surface area contributed by atoms with Gasteiger partial charge in [-0.2, -0.15) is 0 Å². The molecule has 1 heterocycles. The molecule has 0 spiro atoms. The van der Waals surface area contributed by atoms with Crippen LogP contribution in [0.25, 0.3) is 10.9 Å². The van der Waals surface area contributed by atoms with Crippen molar-refractivity contribution in [3.8, 4) is 0 Å². The van der Waals surface area contributed by atoms with E-state index in [9.17, 15) is 0 Å². The van der Waals surface area contributed by atoms with Gasteiger partial charge in [-0.25, -0.2) is 0 Å². The molecule has 0 unspecified atom stereocenters. The molecule has 0 aliphatic heterocycles. The van der Waals surface area contributed by atoms with Gasteiger partial charge < -0.3 is 0 Å². The van der Waals surface area contributed by atoms with Crippen molar-refractivity contribution >= 4 is 10.9 Å². The van der Waals surface area contributed by atoms with Crippen LogP contribution in [0.3, 0.4) is 0 Å². The maximum Gasteiger partial charge on any atom is 0.0739 e. The molecule has 0 aliphatic rings. The highest BCUT2D eigenvalue weighted by Crippen LogP contribution is 2.25. The summed E-state index contributed by atoms with van der Waals surface area (Å²) in [5, 5.41) is 1.31. The topological polar surface area (TPSA) is 12.9 Å². The van der Waals surface area contributed by atoms with Crippen LogP contribution in [0.1, 0.15) is 51.7 Å². The average Bonchev–Trinajstić information content (AvgIpc) is 2.39. The lowest BCUT2D eigenvalue weighted by Crippen LogP contribution is -1.94. The number of nitrogens with zero attached hydrogens (tertiary/aromatic N) is 1. The van der Waals surface area contributed by atoms with E-state index in [4.69, 9.17) is 0 Å². The van der Waals surface area contributed by atoms with Gasteiger partial charge in [0.1, 0.15) is 0 Å². The quantitative estimate of drug-likeness (QED) is 0.710. The predicted molar refractivity (Wildman–Crippen MR) is 76.6 cm³/mol. The number of hydrogen-bond acceptors (Lipinski definition) is 1. The van der Waals surface area contributed by atoms with Crippen molar-refractivity contribution < 1.29 is 0 Å². The second-order valence-electron chi connectivity index (χ2n) is 4.22. The van der Waals surface area contributed by atoms with Crippen LogP contribution < -0.4 is 0 Å². The minimum absolute atomic E-state index is 0.535. The smallest absolute Gasteiger partial charge is 0.0739 e. The number of aromatic nitrogens is 1. The van der Waals surface area contributed by atoms with Gasteiger partial charge in [0, 0.05) is 11.6 Å². The Morgan fingerprint density at radius 2 is 1.82 bits per heavy atom. The summed E-state index contributed by atoms with van der Waals surface area (Å²) in [5.74, 6) is 0.535. The number of rotatable bonds is 2. The zero-order valence-electron chi connectivity index (χ0n) is 11.6. The molecule has 0 atom stereocenters. The molecule has 2 aromatic rings. The van der Waals surface area contributed by atoms with Crippen molar-refractivity contribution in [1.82, 2.24) is 4.98 Å². The molecule has 0 saturated heterocycles. The molecule has 2 rings (SSSR count). The summed E-state index contributed by atoms with van der Waals surface area (Å²) in [6.07, 6.45) is 2.99. The van der Waals surface area contributed by atoms with E-state index < -0.39 is 0 Å². The Hall–Kier alpha value is -1.37. The van der Waals surface area contributed by atoms with E-state index in [0.717, 1.165) is 6.42 Å². The van der Waals surface area contributed by atoms with E-state index in [2.05, 4.69) is 50.0 Å². The number of aryl methyl sites for hydroxylation is 1. The first-order valence-corrected chi connectivity index (χ1v) is 6.60. The number of fused-ring (bicyclic) bond motifs is 1. The van der Waals surface area contributed by atoms with E-state index in [1.54, 1.807) is 0 Å². The third-order valence-electron chi connectivity index (χ3n) is 2.90. The zero-order chi connectivity index (χ0) is 12.8. The molecule has 1 nitrogen and oxygen atoms in total. The lowest BCUT2D eigenvalue weighted by atomic mass is 9.97. The minimum Gasteiger partial charge on any atom is -0.256 e. The fourth-order valence-corrected chi connectivity index (χ4v) is 2.03. The minimum atomic E-state index is 0.535. The summed E-state index contributed by atoms with van der Waals surface area (Å²) in [5.41, 5.74) is 3.91. The monoisotopic (exact) mass is 229 g/mol. The number of hydrogen-bond donors (Lipinski definition) is 0. The molecule has 0 radical (unpaired) electrons. The molecule has 1 aromatic heterocycles. The van der Waals surface area contributed by atoms with Gasteiger partial charge in [0.2, 0.25) is 0 Å². The maximum atomic E-state index is 4.51. The molecule has 0 saturated carbocycles. The van der Waals surface area contributed by atoms with Gasteiger partial charge in [-0.05, 0) is 29.5 Å². The molecule has 1 heteroatoms. The highest BCUT2D eigenvalue weighted by atomic mass is 14.7. The van der Waals surface area contributed by atoms with Gasteiger partial charge in [-0.1, -0.05) is 52.8 Å². The molecule has 0 N–H and O–H groups in total. The normalized spacial score (nSPS) is 10.2. The largest absolute Gasteiger partial charge is 0.256 e. The summed E-state index contributed by atoms with van der Waals surface area (Å²) in [7, 11) is 0. The average molecular weight is 229 g/mol. The lowest BCUT2D eigenvalue weighted by Gasteiger charge is -2.10. The van der Waals surface area contributed by atoms with Crippen molar-refractivity contribution in [3.63, 3.8) is 0 Å². The standard InChI is InChI=1S/C14H17N.C2H6/c1-4-11-8-9-15-14-12(10(2)3)6-5-7-13(11)14;1-2/h5-10H,4H2,1-3H3;1-2H3. The van der Waals surface area contributed by atoms with E-state index in [-0.39, 0.29) is 0 Å². The zero-order valence-corrected chi connectivity index (χ0v) is 11.6. The Balaban J connectivity index is 0.000000686. The number of benzene rings is 1. The first kappa shape index (κ1) is 13.7. The van der Waals surface area contributed by atoms with Crippen molar-refractivity contribution in [3.05, 3.63) is 41.6 Å². The fourth-order valence-electron chi connectivity index (χ4n) is 2.03. The van der Waals surface area contributed by atoms with Gasteiger partial charge in [-0.3, -0.25) is 4.98 Å². The van der Waals surface area contributed by atoms with E-state index in [0.29, 0.717) is 5.92 Å². The Bertz CT molecular complexity index is 472. The third kappa shape index (κ3) is 2.85. The molecule has 92 valence electrons. The van der Waals surface area contributed by atoms with Crippen molar-refractivity contribution in [1.29, 1.82) is 0 Å². The Kier molecular flexibility index (Phi) is 5.14. The van der Waals surface area contributed by atoms with Gasteiger partial charge in [0.25, 0.3) is 0 Å². The summed E-state index contributed by atoms with van der Waals surface area (Å²) < 4.78 is 0. The Morgan fingerprint density at radius 3 is 2.41 bits per heavy atom. The first-order valence-electron chi connectivity index (χ1n) is 6.60. The molecular weight excluding hydrogens is 206 g/mol. The molecular formula is C16H23N. The molecule has 0 amide bonds. The molecule has 17 heavy (non-hydrogen) atoms. The van der Waals surface area contributed by atoms with Crippen LogP contribution in [0.5, 0.6) is 0 Å². The van der Waals surface area contributed by atoms with Crippen LogP contribution in [0.15, 0.2) is 30.5 Å². The number of para-hydroxylation sites is 1. The van der Waals surface area contributed by atoms with Crippen LogP contribution in [0.4, 0.5) is 0 Å². The summed E-state index contributed by atoms with van der Waals surface area (Å²) >= 11 is 0. The van der Waals surface area contributed by atoms with E-state index in [1.807, 2.05) is 20.0 Å². The second-order valence-corrected chi connectivity index (χ2v) is 4.22. The van der Waals surface area contributed by atoms with E-state index >= 15 is 0 Å². The third-order valence-corrected chi connectivity index (χ3v) is 2.90. The van der Waals surface area contributed by atoms with Crippen LogP contribution in [-0.2, 0) is 6.42 Å². The Morgan fingerprint density at radius 1 is 1.12 bits per heavy atom. The maximum absolute atomic E-state index is 4.51. The first-order chi connectivity index (χ1) is 8.24. The molecule has 0 bridgehead atoms. The molecule has 0 fully saturated rings. The van der Waals surface area contributed by atoms with Gasteiger partial charge in [-0.15, -0.1) is 0 Å². The van der Waals surface area contributed by atoms with Crippen molar-refractivity contribution in [2.24, 2.45) is 0 Å². The predicted octanol–water partition coefficient (Wildman–Crippen LogP) is 4.95. The van der Waals surface area contributed by atoms with Crippen molar-refractivity contribution in [2.75, 3.05) is 0 Å². The molecule has 1 aromatic carbocycles. The van der Waals surface area contributed by atoms with Crippen molar-refractivity contribution in [2.45, 2.75) is 47.0 Å². The van der Waals surface area contributed by atoms with Crippen LogP contribution in [-0.4, -0.2) is 4.98 Å². The van der Waals surface area contributed by atoms with Gasteiger partial charge in [0.05, 0.1) is 5.52 Å².